The molecule has 1 heterocycles. The topological polar surface area (TPSA) is 78.9 Å². The van der Waals surface area contributed by atoms with Crippen LogP contribution in [0.25, 0.3) is 0 Å². The number of carboxylic acids is 1. The maximum Gasteiger partial charge on any atom is 0.307 e. The monoisotopic (exact) mass is 342 g/mol. The van der Waals surface area contributed by atoms with Crippen molar-refractivity contribution in [3.8, 4) is 5.75 Å². The summed E-state index contributed by atoms with van der Waals surface area (Å²) in [5.74, 6) is -0.738. The van der Waals surface area contributed by atoms with Gasteiger partial charge in [-0.1, -0.05) is 12.1 Å². The Morgan fingerprint density at radius 2 is 2.09 bits per heavy atom. The molecule has 1 amide bonds. The maximum atomic E-state index is 12.4. The van der Waals surface area contributed by atoms with Crippen molar-refractivity contribution in [2.45, 2.75) is 25.8 Å². The fraction of sp³-hybridized carbons (Fsp3) is 0.500. The van der Waals surface area contributed by atoms with Gasteiger partial charge in [-0.2, -0.15) is 0 Å². The van der Waals surface area contributed by atoms with E-state index in [2.05, 4.69) is 5.32 Å². The van der Waals surface area contributed by atoms with Crippen LogP contribution < -0.4 is 10.1 Å². The normalized spacial score (nSPS) is 19.3. The number of hydrogen-bond donors (Lipinski definition) is 2. The zero-order valence-electron chi connectivity index (χ0n) is 13.3. The Morgan fingerprint density at radius 3 is 2.74 bits per heavy atom. The number of anilines is 1. The minimum atomic E-state index is -0.790. The molecule has 0 aliphatic carbocycles. The van der Waals surface area contributed by atoms with Crippen molar-refractivity contribution in [1.29, 1.82) is 0 Å². The number of para-hydroxylation sites is 2. The molecule has 1 saturated heterocycles. The number of carbonyl (C=O) groups is 2. The van der Waals surface area contributed by atoms with Gasteiger partial charge >= 0.3 is 5.97 Å². The lowest BCUT2D eigenvalue weighted by atomic mass is 9.97. The first kappa shape index (κ1) is 19.3. The van der Waals surface area contributed by atoms with E-state index < -0.39 is 11.9 Å². The maximum absolute atomic E-state index is 12.4. The van der Waals surface area contributed by atoms with Crippen molar-refractivity contribution in [3.63, 3.8) is 0 Å². The molecule has 23 heavy (non-hydrogen) atoms. The van der Waals surface area contributed by atoms with E-state index in [9.17, 15) is 9.59 Å². The van der Waals surface area contributed by atoms with Crippen LogP contribution in [0.5, 0.6) is 5.75 Å². The Morgan fingerprint density at radius 1 is 1.39 bits per heavy atom. The van der Waals surface area contributed by atoms with Crippen molar-refractivity contribution in [1.82, 2.24) is 4.90 Å². The molecule has 6 nitrogen and oxygen atoms in total. The van der Waals surface area contributed by atoms with E-state index in [0.29, 0.717) is 24.4 Å². The number of nitrogens with zero attached hydrogens (tertiary/aromatic N) is 1. The van der Waals surface area contributed by atoms with Gasteiger partial charge in [0, 0.05) is 6.54 Å². The van der Waals surface area contributed by atoms with Crippen LogP contribution in [0.3, 0.4) is 0 Å². The average molecular weight is 343 g/mol. The van der Waals surface area contributed by atoms with Gasteiger partial charge in [0.25, 0.3) is 0 Å². The lowest BCUT2D eigenvalue weighted by molar-refractivity contribution is -0.144. The molecule has 0 saturated carbocycles. The van der Waals surface area contributed by atoms with Gasteiger partial charge in [0.15, 0.2) is 0 Å². The molecule has 1 aliphatic heterocycles. The Labute approximate surface area is 142 Å². The number of halogens is 1. The predicted octanol–water partition coefficient (Wildman–Crippen LogP) is 2.24. The van der Waals surface area contributed by atoms with E-state index in [-0.39, 0.29) is 24.4 Å². The Bertz CT molecular complexity index is 553. The quantitative estimate of drug-likeness (QED) is 0.858. The van der Waals surface area contributed by atoms with Crippen LogP contribution in [0.1, 0.15) is 19.8 Å². The lowest BCUT2D eigenvalue weighted by Gasteiger charge is -2.34. The molecule has 0 radical (unpaired) electrons. The van der Waals surface area contributed by atoms with Crippen molar-refractivity contribution in [2.75, 3.05) is 25.5 Å². The van der Waals surface area contributed by atoms with Gasteiger partial charge in [0.1, 0.15) is 5.75 Å². The highest BCUT2D eigenvalue weighted by Crippen LogP contribution is 2.24. The average Bonchev–Trinajstić information content (AvgIpc) is 2.54. The smallest absolute Gasteiger partial charge is 0.307 e. The SMILES string of the molecule is COc1ccccc1NC(=O)C(C)N1CCCC(C(=O)O)C1.Cl. The number of aliphatic carboxylic acids is 1. The van der Waals surface area contributed by atoms with Crippen LogP contribution >= 0.6 is 12.4 Å². The van der Waals surface area contributed by atoms with Gasteiger partial charge in [-0.15, -0.1) is 12.4 Å². The second-order valence-corrected chi connectivity index (χ2v) is 5.54. The van der Waals surface area contributed by atoms with E-state index >= 15 is 0 Å². The number of methoxy groups -OCH3 is 1. The third kappa shape index (κ3) is 4.84. The number of hydrogen-bond acceptors (Lipinski definition) is 4. The number of amides is 1. The molecule has 1 aromatic carbocycles. The number of carbonyl (C=O) groups excluding carboxylic acids is 1. The van der Waals surface area contributed by atoms with Crippen molar-refractivity contribution in [3.05, 3.63) is 24.3 Å². The summed E-state index contributed by atoms with van der Waals surface area (Å²) in [6.07, 6.45) is 1.47. The van der Waals surface area contributed by atoms with Crippen molar-refractivity contribution in [2.24, 2.45) is 5.92 Å². The molecular formula is C16H23ClN2O4. The summed E-state index contributed by atoms with van der Waals surface area (Å²) in [6.45, 7) is 2.95. The third-order valence-electron chi connectivity index (χ3n) is 4.09. The number of carboxylic acid groups (broad SMARTS) is 1. The van der Waals surface area contributed by atoms with Gasteiger partial charge in [-0.25, -0.2) is 0 Å². The zero-order chi connectivity index (χ0) is 16.1. The first-order valence-corrected chi connectivity index (χ1v) is 7.43. The van der Waals surface area contributed by atoms with Crippen LogP contribution in [0.2, 0.25) is 0 Å². The second-order valence-electron chi connectivity index (χ2n) is 5.54. The minimum absolute atomic E-state index is 0. The Kier molecular flexibility index (Phi) is 7.32. The van der Waals surface area contributed by atoms with E-state index in [1.54, 1.807) is 26.2 Å². The third-order valence-corrected chi connectivity index (χ3v) is 4.09. The van der Waals surface area contributed by atoms with Gasteiger partial charge in [-0.05, 0) is 38.4 Å². The lowest BCUT2D eigenvalue weighted by Crippen LogP contribution is -2.48. The molecule has 1 aromatic rings. The summed E-state index contributed by atoms with van der Waals surface area (Å²) < 4.78 is 5.21. The molecule has 0 bridgehead atoms. The van der Waals surface area contributed by atoms with E-state index in [4.69, 9.17) is 9.84 Å². The second kappa shape index (κ2) is 8.74. The van der Waals surface area contributed by atoms with Crippen molar-refractivity contribution < 1.29 is 19.4 Å². The summed E-state index contributed by atoms with van der Waals surface area (Å²) in [5, 5.41) is 12.0. The van der Waals surface area contributed by atoms with Crippen LogP contribution in [0.4, 0.5) is 5.69 Å². The van der Waals surface area contributed by atoms with Gasteiger partial charge in [0.2, 0.25) is 5.91 Å². The number of rotatable bonds is 5. The van der Waals surface area contributed by atoms with Crippen LogP contribution in [0.15, 0.2) is 24.3 Å². The van der Waals surface area contributed by atoms with Crippen LogP contribution in [0, 0.1) is 5.92 Å². The van der Waals surface area contributed by atoms with Gasteiger partial charge in [-0.3, -0.25) is 14.5 Å². The highest BCUT2D eigenvalue weighted by atomic mass is 35.5. The molecule has 0 spiro atoms. The first-order valence-electron chi connectivity index (χ1n) is 7.43. The number of likely N-dealkylation sites (tertiary alicyclic amines) is 1. The number of nitrogens with one attached hydrogen (secondary N) is 1. The molecule has 0 aromatic heterocycles. The van der Waals surface area contributed by atoms with Crippen molar-refractivity contribution >= 4 is 30.0 Å². The number of ether oxygens (including phenoxy) is 1. The standard InChI is InChI=1S/C16H22N2O4.ClH/c1-11(18-9-5-6-12(10-18)16(20)21)15(19)17-13-7-3-4-8-14(13)22-2;/h3-4,7-8,11-12H,5-6,9-10H2,1-2H3,(H,17,19)(H,20,21);1H. The molecular weight excluding hydrogens is 320 g/mol. The summed E-state index contributed by atoms with van der Waals surface area (Å²) in [7, 11) is 1.55. The predicted molar refractivity (Wildman–Crippen MR) is 90.3 cm³/mol. The van der Waals surface area contributed by atoms with Crippen LogP contribution in [-0.4, -0.2) is 48.1 Å². The Hall–Kier alpha value is -1.79. The summed E-state index contributed by atoms with van der Waals surface area (Å²) in [4.78, 5) is 25.4. The molecule has 1 fully saturated rings. The fourth-order valence-electron chi connectivity index (χ4n) is 2.71. The molecule has 2 atom stereocenters. The molecule has 1 aliphatic rings. The number of benzene rings is 1. The first-order chi connectivity index (χ1) is 10.5. The Balaban J connectivity index is 0.00000264. The number of piperidine rings is 1. The highest BCUT2D eigenvalue weighted by Gasteiger charge is 2.30. The molecule has 128 valence electrons. The summed E-state index contributed by atoms with van der Waals surface area (Å²) in [6, 6.07) is 6.83. The summed E-state index contributed by atoms with van der Waals surface area (Å²) >= 11 is 0. The molecule has 2 unspecified atom stereocenters. The van der Waals surface area contributed by atoms with Gasteiger partial charge < -0.3 is 15.2 Å². The van der Waals surface area contributed by atoms with E-state index in [0.717, 1.165) is 13.0 Å². The van der Waals surface area contributed by atoms with E-state index in [1.807, 2.05) is 17.0 Å². The molecule has 2 rings (SSSR count). The molecule has 7 heteroatoms. The van der Waals surface area contributed by atoms with Gasteiger partial charge in [0.05, 0.1) is 24.8 Å². The minimum Gasteiger partial charge on any atom is -0.495 e. The molecule has 2 N–H and O–H groups in total. The largest absolute Gasteiger partial charge is 0.495 e. The highest BCUT2D eigenvalue weighted by molar-refractivity contribution is 5.95. The van der Waals surface area contributed by atoms with E-state index in [1.165, 1.54) is 0 Å². The zero-order valence-corrected chi connectivity index (χ0v) is 14.1. The summed E-state index contributed by atoms with van der Waals surface area (Å²) in [5.41, 5.74) is 0.619. The fourth-order valence-corrected chi connectivity index (χ4v) is 2.71. The van der Waals surface area contributed by atoms with Crippen LogP contribution in [-0.2, 0) is 9.59 Å².